The number of aryl methyl sites for hydroxylation is 2. The number of hydrogen-bond acceptors (Lipinski definition) is 8. The summed E-state index contributed by atoms with van der Waals surface area (Å²) in [5, 5.41) is 10.3. The number of rotatable bonds is 10. The Bertz CT molecular complexity index is 1570. The first-order valence-electron chi connectivity index (χ1n) is 11.8. The number of carbonyl (C=O) groups is 3. The van der Waals surface area contributed by atoms with Crippen molar-refractivity contribution in [1.29, 1.82) is 0 Å². The van der Waals surface area contributed by atoms with Crippen molar-refractivity contribution in [3.05, 3.63) is 71.2 Å². The summed E-state index contributed by atoms with van der Waals surface area (Å²) in [6.07, 6.45) is 5.10. The average Bonchev–Trinajstić information content (AvgIpc) is 3.43. The van der Waals surface area contributed by atoms with Crippen LogP contribution in [0.1, 0.15) is 43.8 Å². The first kappa shape index (κ1) is 25.9. The Kier molecular flexibility index (Phi) is 7.37. The highest BCUT2D eigenvalue weighted by atomic mass is 16.2. The fourth-order valence-electron chi connectivity index (χ4n) is 3.86. The molecule has 0 aliphatic rings. The summed E-state index contributed by atoms with van der Waals surface area (Å²) in [4.78, 5) is 44.8. The Morgan fingerprint density at radius 3 is 2.50 bits per heavy atom. The molecule has 13 heteroatoms. The largest absolute Gasteiger partial charge is 0.397 e. The Morgan fingerprint density at radius 1 is 1.05 bits per heavy atom. The number of benzene rings is 1. The molecule has 0 aliphatic carbocycles. The van der Waals surface area contributed by atoms with E-state index in [0.29, 0.717) is 53.4 Å². The minimum absolute atomic E-state index is 0.208. The van der Waals surface area contributed by atoms with Crippen LogP contribution in [0.25, 0.3) is 11.2 Å². The zero-order valence-corrected chi connectivity index (χ0v) is 20.9. The second-order valence-electron chi connectivity index (χ2n) is 8.44. The summed E-state index contributed by atoms with van der Waals surface area (Å²) in [5.74, 6) is -1.30. The Hall–Kier alpha value is -5.20. The van der Waals surface area contributed by atoms with Gasteiger partial charge in [0, 0.05) is 31.4 Å². The van der Waals surface area contributed by atoms with Gasteiger partial charge in [-0.1, -0.05) is 12.2 Å². The van der Waals surface area contributed by atoms with Gasteiger partial charge in [-0.25, -0.2) is 9.97 Å². The summed E-state index contributed by atoms with van der Waals surface area (Å²) in [6, 6.07) is 8.01. The Labute approximate surface area is 217 Å². The third-order valence-corrected chi connectivity index (χ3v) is 5.73. The first-order valence-corrected chi connectivity index (χ1v) is 11.8. The normalized spacial score (nSPS) is 11.2. The Balaban J connectivity index is 1.55. The van der Waals surface area contributed by atoms with Gasteiger partial charge in [-0.05, 0) is 44.2 Å². The molecule has 0 fully saturated rings. The number of hydrogen-bond donors (Lipinski definition) is 5. The molecule has 13 nitrogen and oxygen atoms in total. The van der Waals surface area contributed by atoms with Crippen LogP contribution >= 0.6 is 0 Å². The third-order valence-electron chi connectivity index (χ3n) is 5.73. The van der Waals surface area contributed by atoms with Crippen LogP contribution in [0.4, 0.5) is 17.3 Å². The maximum absolute atomic E-state index is 13.1. The van der Waals surface area contributed by atoms with E-state index in [1.807, 2.05) is 26.0 Å². The van der Waals surface area contributed by atoms with Crippen LogP contribution in [0.5, 0.6) is 0 Å². The molecule has 3 aromatic heterocycles. The smallest absolute Gasteiger partial charge is 0.276 e. The molecule has 3 amide bonds. The number of carbonyl (C=O) groups excluding carboxylic acids is 3. The predicted molar refractivity (Wildman–Crippen MR) is 144 cm³/mol. The van der Waals surface area contributed by atoms with E-state index in [1.54, 1.807) is 27.4 Å². The number of nitrogens with one attached hydrogen (secondary N) is 2. The zero-order chi connectivity index (χ0) is 27.4. The number of nitrogens with two attached hydrogens (primary N) is 3. The lowest BCUT2D eigenvalue weighted by atomic mass is 10.1. The maximum atomic E-state index is 13.1. The van der Waals surface area contributed by atoms with Crippen molar-refractivity contribution >= 4 is 46.2 Å². The SMILES string of the molecule is CCn1nc(C)cc1C(=O)Nc1nc2cc(C(N)=O)cnc2n1C/C=C/CNc1ccc(C(N)=O)cc1N. The van der Waals surface area contributed by atoms with Crippen LogP contribution in [-0.4, -0.2) is 48.6 Å². The van der Waals surface area contributed by atoms with Crippen molar-refractivity contribution in [1.82, 2.24) is 24.3 Å². The van der Waals surface area contributed by atoms with Gasteiger partial charge in [0.25, 0.3) is 5.91 Å². The molecule has 0 aliphatic heterocycles. The summed E-state index contributed by atoms with van der Waals surface area (Å²) < 4.78 is 3.32. The molecule has 196 valence electrons. The van der Waals surface area contributed by atoms with Gasteiger partial charge in [0.15, 0.2) is 5.65 Å². The van der Waals surface area contributed by atoms with Gasteiger partial charge in [0.2, 0.25) is 17.8 Å². The molecule has 3 heterocycles. The van der Waals surface area contributed by atoms with Crippen LogP contribution in [0, 0.1) is 6.92 Å². The number of imidazole rings is 1. The molecular weight excluding hydrogens is 488 g/mol. The van der Waals surface area contributed by atoms with Crippen molar-refractivity contribution in [2.75, 3.05) is 22.9 Å². The van der Waals surface area contributed by atoms with Crippen molar-refractivity contribution in [3.8, 4) is 0 Å². The quantitative estimate of drug-likeness (QED) is 0.154. The second-order valence-corrected chi connectivity index (χ2v) is 8.44. The number of primary amides is 2. The number of aromatic nitrogens is 5. The zero-order valence-electron chi connectivity index (χ0n) is 20.9. The second kappa shape index (κ2) is 10.8. The third kappa shape index (κ3) is 5.46. The van der Waals surface area contributed by atoms with Crippen LogP contribution in [0.2, 0.25) is 0 Å². The molecule has 0 atom stereocenters. The van der Waals surface area contributed by atoms with E-state index in [9.17, 15) is 14.4 Å². The van der Waals surface area contributed by atoms with Crippen LogP contribution in [0.3, 0.4) is 0 Å². The number of allylic oxidation sites excluding steroid dienone is 1. The highest BCUT2D eigenvalue weighted by molar-refractivity contribution is 6.03. The van der Waals surface area contributed by atoms with Gasteiger partial charge in [0.05, 0.1) is 22.6 Å². The van der Waals surface area contributed by atoms with Gasteiger partial charge >= 0.3 is 0 Å². The number of nitrogens with zero attached hydrogens (tertiary/aromatic N) is 5. The molecular formula is C25H28N10O3. The van der Waals surface area contributed by atoms with E-state index >= 15 is 0 Å². The summed E-state index contributed by atoms with van der Waals surface area (Å²) in [6.45, 7) is 4.99. The molecule has 4 aromatic rings. The predicted octanol–water partition coefficient (Wildman–Crippen LogP) is 1.66. The number of pyridine rings is 1. The Morgan fingerprint density at radius 2 is 1.82 bits per heavy atom. The van der Waals surface area contributed by atoms with Crippen molar-refractivity contribution in [2.24, 2.45) is 11.5 Å². The molecule has 0 saturated heterocycles. The van der Waals surface area contributed by atoms with Crippen LogP contribution < -0.4 is 27.8 Å². The maximum Gasteiger partial charge on any atom is 0.276 e. The van der Waals surface area contributed by atoms with E-state index in [-0.39, 0.29) is 17.4 Å². The van der Waals surface area contributed by atoms with Gasteiger partial charge in [0.1, 0.15) is 11.2 Å². The minimum Gasteiger partial charge on any atom is -0.397 e. The van der Waals surface area contributed by atoms with Crippen LogP contribution in [0.15, 0.2) is 48.7 Å². The first-order chi connectivity index (χ1) is 18.2. The highest BCUT2D eigenvalue weighted by Gasteiger charge is 2.19. The number of amides is 3. The van der Waals surface area contributed by atoms with Crippen molar-refractivity contribution in [2.45, 2.75) is 26.9 Å². The number of nitrogen functional groups attached to an aromatic ring is 1. The lowest BCUT2D eigenvalue weighted by Crippen LogP contribution is -2.20. The molecule has 0 saturated carbocycles. The molecule has 4 rings (SSSR count). The van der Waals surface area contributed by atoms with E-state index in [2.05, 4.69) is 25.7 Å². The van der Waals surface area contributed by atoms with Crippen LogP contribution in [-0.2, 0) is 13.1 Å². The summed E-state index contributed by atoms with van der Waals surface area (Å²) in [7, 11) is 0. The molecule has 8 N–H and O–H groups in total. The highest BCUT2D eigenvalue weighted by Crippen LogP contribution is 2.21. The van der Waals surface area contributed by atoms with E-state index < -0.39 is 11.8 Å². The topological polar surface area (TPSA) is 202 Å². The minimum atomic E-state index is -0.629. The van der Waals surface area contributed by atoms with E-state index in [4.69, 9.17) is 17.2 Å². The fraction of sp³-hybridized carbons (Fsp3) is 0.200. The lowest BCUT2D eigenvalue weighted by Gasteiger charge is -2.09. The summed E-state index contributed by atoms with van der Waals surface area (Å²) >= 11 is 0. The standard InChI is InChI=1S/C25H28N10O3/c1-3-35-20(10-14(2)33-35)24(38)32-25-31-19-12-16(22(28)37)13-30-23(19)34(25)9-5-4-8-29-18-7-6-15(21(27)36)11-17(18)26/h4-7,10-13,29H,3,8-9,26H2,1-2H3,(H2,27,36)(H2,28,37)(H,31,32,38)/b5-4+. The van der Waals surface area contributed by atoms with Gasteiger partial charge in [-0.2, -0.15) is 5.10 Å². The molecule has 0 radical (unpaired) electrons. The lowest BCUT2D eigenvalue weighted by molar-refractivity contribution is 0.0991. The molecule has 38 heavy (non-hydrogen) atoms. The molecule has 0 spiro atoms. The fourth-order valence-corrected chi connectivity index (χ4v) is 3.86. The number of fused-ring (bicyclic) bond motifs is 1. The molecule has 0 unspecified atom stereocenters. The van der Waals surface area contributed by atoms with Gasteiger partial charge < -0.3 is 22.5 Å². The van der Waals surface area contributed by atoms with Crippen molar-refractivity contribution < 1.29 is 14.4 Å². The molecule has 0 bridgehead atoms. The van der Waals surface area contributed by atoms with Gasteiger partial charge in [-0.3, -0.25) is 28.9 Å². The van der Waals surface area contributed by atoms with E-state index in [1.165, 1.54) is 18.3 Å². The molecule has 1 aromatic carbocycles. The van der Waals surface area contributed by atoms with E-state index in [0.717, 1.165) is 5.69 Å². The van der Waals surface area contributed by atoms with Gasteiger partial charge in [-0.15, -0.1) is 0 Å². The van der Waals surface area contributed by atoms with Crippen molar-refractivity contribution in [3.63, 3.8) is 0 Å². The number of anilines is 3. The summed E-state index contributed by atoms with van der Waals surface area (Å²) in [5.41, 5.74) is 20.2. The monoisotopic (exact) mass is 516 g/mol. The average molecular weight is 517 g/mol.